The second-order valence-electron chi connectivity index (χ2n) is 9.28. The molecule has 8 nitrogen and oxygen atoms in total. The first-order valence-electron chi connectivity index (χ1n) is 13.1. The lowest BCUT2D eigenvalue weighted by molar-refractivity contribution is 0.0376. The van der Waals surface area contributed by atoms with Crippen LogP contribution < -0.4 is 4.90 Å². The Hall–Kier alpha value is -2.44. The Morgan fingerprint density at radius 2 is 1.74 bits per heavy atom. The number of para-hydroxylation sites is 1. The van der Waals surface area contributed by atoms with Crippen LogP contribution in [0.15, 0.2) is 47.4 Å². The molecule has 0 spiro atoms. The van der Waals surface area contributed by atoms with Crippen LogP contribution in [0.3, 0.4) is 0 Å². The summed E-state index contributed by atoms with van der Waals surface area (Å²) in [6, 6.07) is 10.9. The number of nitrogens with zero attached hydrogens (tertiary/aromatic N) is 4. The van der Waals surface area contributed by atoms with Gasteiger partial charge in [-0.25, -0.2) is 17.8 Å². The van der Waals surface area contributed by atoms with Crippen molar-refractivity contribution in [1.82, 2.24) is 14.2 Å². The zero-order chi connectivity index (χ0) is 27.1. The van der Waals surface area contributed by atoms with Gasteiger partial charge in [0.05, 0.1) is 22.8 Å². The molecular formula is C27H35FN4O4S2. The van der Waals surface area contributed by atoms with E-state index in [0.29, 0.717) is 54.7 Å². The third-order valence-electron chi connectivity index (χ3n) is 6.48. The third kappa shape index (κ3) is 6.58. The van der Waals surface area contributed by atoms with Crippen LogP contribution in [0.5, 0.6) is 0 Å². The molecule has 38 heavy (non-hydrogen) atoms. The molecule has 1 amide bonds. The zero-order valence-corrected chi connectivity index (χ0v) is 23.6. The number of aromatic nitrogens is 1. The van der Waals surface area contributed by atoms with Gasteiger partial charge in [-0.3, -0.25) is 14.6 Å². The maximum atomic E-state index is 14.4. The molecule has 11 heteroatoms. The summed E-state index contributed by atoms with van der Waals surface area (Å²) < 4.78 is 48.2. The van der Waals surface area contributed by atoms with Crippen molar-refractivity contribution in [3.63, 3.8) is 0 Å². The summed E-state index contributed by atoms with van der Waals surface area (Å²) in [7, 11) is -3.65. The molecule has 3 aromatic rings. The number of anilines is 1. The Balaban J connectivity index is 1.58. The van der Waals surface area contributed by atoms with Gasteiger partial charge in [0.2, 0.25) is 10.0 Å². The van der Waals surface area contributed by atoms with Crippen LogP contribution in [0.4, 0.5) is 9.52 Å². The van der Waals surface area contributed by atoms with E-state index in [1.165, 1.54) is 33.8 Å². The Bertz CT molecular complexity index is 1320. The van der Waals surface area contributed by atoms with Crippen LogP contribution in [-0.2, 0) is 14.8 Å². The minimum Gasteiger partial charge on any atom is -0.379 e. The zero-order valence-electron chi connectivity index (χ0n) is 21.9. The highest BCUT2D eigenvalue weighted by atomic mass is 32.2. The lowest BCUT2D eigenvalue weighted by Crippen LogP contribution is -2.39. The molecule has 0 radical (unpaired) electrons. The van der Waals surface area contributed by atoms with Crippen LogP contribution in [-0.4, -0.2) is 81.0 Å². The van der Waals surface area contributed by atoms with Gasteiger partial charge in [0.15, 0.2) is 5.13 Å². The number of hydrogen-bond donors (Lipinski definition) is 0. The van der Waals surface area contributed by atoms with E-state index < -0.39 is 15.8 Å². The number of carbonyl (C=O) groups excluding carboxylic acids is 1. The van der Waals surface area contributed by atoms with Crippen LogP contribution in [0.2, 0.25) is 0 Å². The van der Waals surface area contributed by atoms with Crippen LogP contribution in [0, 0.1) is 5.82 Å². The Morgan fingerprint density at radius 3 is 2.37 bits per heavy atom. The number of sulfonamides is 1. The maximum Gasteiger partial charge on any atom is 0.260 e. The van der Waals surface area contributed by atoms with Gasteiger partial charge >= 0.3 is 0 Å². The quantitative estimate of drug-likeness (QED) is 0.321. The van der Waals surface area contributed by atoms with E-state index in [0.717, 1.165) is 32.5 Å². The van der Waals surface area contributed by atoms with Crippen molar-refractivity contribution in [2.45, 2.75) is 38.0 Å². The van der Waals surface area contributed by atoms with Gasteiger partial charge in [-0.05, 0) is 55.7 Å². The standard InChI is InChI=1S/C27H35FN4O4S2/c1-3-13-31(14-4-2)38(34,35)22-11-9-21(10-12-22)26(33)32(16-6-15-30-17-19-36-20-18-30)27-29-25-23(28)7-5-8-24(25)37-27/h5,7-12H,3-4,6,13-20H2,1-2H3. The minimum absolute atomic E-state index is 0.164. The topological polar surface area (TPSA) is 83.1 Å². The number of morpholine rings is 1. The van der Waals surface area contributed by atoms with Crippen LogP contribution in [0.25, 0.3) is 10.2 Å². The smallest absolute Gasteiger partial charge is 0.260 e. The number of hydrogen-bond acceptors (Lipinski definition) is 7. The van der Waals surface area contributed by atoms with E-state index in [4.69, 9.17) is 4.74 Å². The second kappa shape index (κ2) is 13.1. The van der Waals surface area contributed by atoms with Crippen LogP contribution >= 0.6 is 11.3 Å². The lowest BCUT2D eigenvalue weighted by atomic mass is 10.2. The van der Waals surface area contributed by atoms with Crippen LogP contribution in [0.1, 0.15) is 43.5 Å². The molecule has 1 aromatic heterocycles. The highest BCUT2D eigenvalue weighted by molar-refractivity contribution is 7.89. The van der Waals surface area contributed by atoms with Gasteiger partial charge in [-0.2, -0.15) is 4.31 Å². The number of halogens is 1. The van der Waals surface area contributed by atoms with E-state index >= 15 is 0 Å². The summed E-state index contributed by atoms with van der Waals surface area (Å²) in [5, 5.41) is 0.422. The normalized spacial score (nSPS) is 14.8. The van der Waals surface area contributed by atoms with Crippen molar-refractivity contribution in [3.8, 4) is 0 Å². The fourth-order valence-electron chi connectivity index (χ4n) is 4.51. The molecular weight excluding hydrogens is 527 g/mol. The largest absolute Gasteiger partial charge is 0.379 e. The first-order valence-corrected chi connectivity index (χ1v) is 15.4. The van der Waals surface area contributed by atoms with Crippen molar-refractivity contribution >= 4 is 42.6 Å². The fourth-order valence-corrected chi connectivity index (χ4v) is 7.13. The fraction of sp³-hybridized carbons (Fsp3) is 0.481. The summed E-state index contributed by atoms with van der Waals surface area (Å²) in [4.78, 5) is 22.2. The molecule has 0 aliphatic carbocycles. The van der Waals surface area contributed by atoms with Gasteiger partial charge in [0.25, 0.3) is 5.91 Å². The van der Waals surface area contributed by atoms with E-state index in [1.807, 2.05) is 13.8 Å². The van der Waals surface area contributed by atoms with E-state index in [9.17, 15) is 17.6 Å². The molecule has 0 N–H and O–H groups in total. The Labute approximate surface area is 228 Å². The Kier molecular flexibility index (Phi) is 9.83. The number of carbonyl (C=O) groups is 1. The monoisotopic (exact) mass is 562 g/mol. The number of fused-ring (bicyclic) bond motifs is 1. The molecule has 0 atom stereocenters. The van der Waals surface area contributed by atoms with Crippen molar-refractivity contribution in [1.29, 1.82) is 0 Å². The third-order valence-corrected chi connectivity index (χ3v) is 9.44. The van der Waals surface area contributed by atoms with Gasteiger partial charge in [-0.1, -0.05) is 31.3 Å². The van der Waals surface area contributed by atoms with E-state index in [-0.39, 0.29) is 16.3 Å². The molecule has 1 saturated heterocycles. The molecule has 0 unspecified atom stereocenters. The summed E-state index contributed by atoms with van der Waals surface area (Å²) in [5.74, 6) is -0.724. The average Bonchev–Trinajstić information content (AvgIpc) is 3.37. The molecule has 4 rings (SSSR count). The highest BCUT2D eigenvalue weighted by Crippen LogP contribution is 2.31. The van der Waals surface area contributed by atoms with E-state index in [2.05, 4.69) is 9.88 Å². The van der Waals surface area contributed by atoms with Gasteiger partial charge in [0.1, 0.15) is 11.3 Å². The molecule has 2 aromatic carbocycles. The number of benzene rings is 2. The van der Waals surface area contributed by atoms with Gasteiger partial charge < -0.3 is 4.74 Å². The predicted octanol–water partition coefficient (Wildman–Crippen LogP) is 4.62. The first-order chi connectivity index (χ1) is 18.3. The number of amides is 1. The lowest BCUT2D eigenvalue weighted by Gasteiger charge is -2.27. The summed E-state index contributed by atoms with van der Waals surface area (Å²) >= 11 is 1.27. The first kappa shape index (κ1) is 28.6. The maximum absolute atomic E-state index is 14.4. The summed E-state index contributed by atoms with van der Waals surface area (Å²) in [6.45, 7) is 9.08. The summed E-state index contributed by atoms with van der Waals surface area (Å²) in [5.41, 5.74) is 0.597. The highest BCUT2D eigenvalue weighted by Gasteiger charge is 2.26. The van der Waals surface area contributed by atoms with Crippen molar-refractivity contribution in [2.75, 3.05) is 57.4 Å². The SMILES string of the molecule is CCCN(CCC)S(=O)(=O)c1ccc(C(=O)N(CCCN2CCOCC2)c2nc3c(F)cccc3s2)cc1. The Morgan fingerprint density at radius 1 is 1.05 bits per heavy atom. The second-order valence-corrected chi connectivity index (χ2v) is 12.2. The van der Waals surface area contributed by atoms with Crippen molar-refractivity contribution in [3.05, 3.63) is 53.8 Å². The number of rotatable bonds is 12. The number of thiazole rings is 1. The molecule has 0 saturated carbocycles. The molecule has 1 fully saturated rings. The molecule has 0 bridgehead atoms. The van der Waals surface area contributed by atoms with Crippen molar-refractivity contribution in [2.24, 2.45) is 0 Å². The summed E-state index contributed by atoms with van der Waals surface area (Å²) in [6.07, 6.45) is 2.15. The molecule has 1 aliphatic rings. The van der Waals surface area contributed by atoms with Crippen molar-refractivity contribution < 1.29 is 22.3 Å². The predicted molar refractivity (Wildman–Crippen MR) is 149 cm³/mol. The molecule has 1 aliphatic heterocycles. The van der Waals surface area contributed by atoms with Gasteiger partial charge in [0, 0.05) is 44.8 Å². The van der Waals surface area contributed by atoms with E-state index in [1.54, 1.807) is 29.2 Å². The minimum atomic E-state index is -3.65. The average molecular weight is 563 g/mol. The molecule has 2 heterocycles. The molecule has 206 valence electrons. The number of ether oxygens (including phenoxy) is 1. The van der Waals surface area contributed by atoms with Gasteiger partial charge in [-0.15, -0.1) is 0 Å².